The lowest BCUT2D eigenvalue weighted by Gasteiger charge is -2.45. The maximum Gasteiger partial charge on any atom is 0.306 e. The number of ether oxygens (including phenoxy) is 1. The standard InChI is InChI=1S/C29H36F2O3/c1-17-5-9-23(10-6-17)34-26-12-8-21-13-18(7-11-24(21)27(26)28(30)31)14-25-19-3-2-4-20(25)16-22(15-19)29(32)33/h7-8,11-13,17,19-20,22-23,25,28H,2-6,9-10,14-16H2,1H3,(H,32,33). The van der Waals surface area contributed by atoms with E-state index in [1.54, 1.807) is 6.07 Å². The molecule has 0 aromatic heterocycles. The topological polar surface area (TPSA) is 46.5 Å². The second-order valence-corrected chi connectivity index (χ2v) is 11.2. The van der Waals surface area contributed by atoms with Crippen molar-refractivity contribution in [3.63, 3.8) is 0 Å². The van der Waals surface area contributed by atoms with Gasteiger partial charge in [-0.05, 0) is 91.0 Å². The van der Waals surface area contributed by atoms with E-state index in [1.165, 1.54) is 12.0 Å². The first-order valence-corrected chi connectivity index (χ1v) is 13.1. The molecule has 3 aliphatic carbocycles. The van der Waals surface area contributed by atoms with Crippen LogP contribution in [0.2, 0.25) is 0 Å². The second kappa shape index (κ2) is 9.83. The molecule has 0 aliphatic heterocycles. The third-order valence-electron chi connectivity index (χ3n) is 8.92. The summed E-state index contributed by atoms with van der Waals surface area (Å²) in [5.41, 5.74) is 1.18. The molecule has 2 atom stereocenters. The van der Waals surface area contributed by atoms with Crippen molar-refractivity contribution >= 4 is 16.7 Å². The van der Waals surface area contributed by atoms with Gasteiger partial charge in [-0.3, -0.25) is 4.79 Å². The lowest BCUT2D eigenvalue weighted by atomic mass is 9.60. The van der Waals surface area contributed by atoms with Crippen molar-refractivity contribution in [1.29, 1.82) is 0 Å². The lowest BCUT2D eigenvalue weighted by Crippen LogP contribution is -2.39. The van der Waals surface area contributed by atoms with Crippen LogP contribution in [0.3, 0.4) is 0 Å². The molecule has 3 aliphatic rings. The highest BCUT2D eigenvalue weighted by Crippen LogP contribution is 2.48. The Labute approximate surface area is 200 Å². The van der Waals surface area contributed by atoms with Crippen molar-refractivity contribution < 1.29 is 23.4 Å². The van der Waals surface area contributed by atoms with Crippen LogP contribution in [0.15, 0.2) is 30.3 Å². The van der Waals surface area contributed by atoms with E-state index in [0.29, 0.717) is 34.8 Å². The molecule has 0 amide bonds. The van der Waals surface area contributed by atoms with Gasteiger partial charge in [0.05, 0.1) is 17.6 Å². The minimum atomic E-state index is -2.59. The normalized spacial score (nSPS) is 31.5. The van der Waals surface area contributed by atoms with Gasteiger partial charge in [-0.2, -0.15) is 0 Å². The monoisotopic (exact) mass is 470 g/mol. The number of carbonyl (C=O) groups is 1. The van der Waals surface area contributed by atoms with Gasteiger partial charge in [-0.25, -0.2) is 8.78 Å². The fourth-order valence-corrected chi connectivity index (χ4v) is 7.04. The average molecular weight is 471 g/mol. The fourth-order valence-electron chi connectivity index (χ4n) is 7.04. The Kier molecular flexibility index (Phi) is 6.81. The first kappa shape index (κ1) is 23.6. The van der Waals surface area contributed by atoms with Crippen LogP contribution < -0.4 is 4.74 Å². The zero-order valence-electron chi connectivity index (χ0n) is 20.0. The molecule has 0 spiro atoms. The van der Waals surface area contributed by atoms with Gasteiger partial charge in [0.1, 0.15) is 5.75 Å². The van der Waals surface area contributed by atoms with E-state index in [0.717, 1.165) is 63.2 Å². The van der Waals surface area contributed by atoms with E-state index in [1.807, 2.05) is 18.2 Å². The Morgan fingerprint density at radius 1 is 1.03 bits per heavy atom. The Morgan fingerprint density at radius 3 is 2.38 bits per heavy atom. The smallest absolute Gasteiger partial charge is 0.306 e. The summed E-state index contributed by atoms with van der Waals surface area (Å²) in [4.78, 5) is 11.6. The molecule has 0 heterocycles. The molecule has 34 heavy (non-hydrogen) atoms. The van der Waals surface area contributed by atoms with Crippen molar-refractivity contribution in [2.24, 2.45) is 29.6 Å². The third-order valence-corrected chi connectivity index (χ3v) is 8.92. The number of carboxylic acids is 1. The first-order chi connectivity index (χ1) is 16.4. The van der Waals surface area contributed by atoms with Crippen LogP contribution in [0, 0.1) is 29.6 Å². The molecule has 5 rings (SSSR count). The molecule has 5 heteroatoms. The number of fused-ring (bicyclic) bond motifs is 3. The quantitative estimate of drug-likeness (QED) is 0.468. The Hall–Kier alpha value is -2.17. The van der Waals surface area contributed by atoms with Crippen molar-refractivity contribution in [2.45, 2.75) is 83.7 Å². The largest absolute Gasteiger partial charge is 0.490 e. The number of aliphatic carboxylic acids is 1. The number of benzene rings is 2. The molecule has 2 aromatic rings. The van der Waals surface area contributed by atoms with Crippen LogP contribution in [0.5, 0.6) is 5.75 Å². The Morgan fingerprint density at radius 2 is 1.74 bits per heavy atom. The number of rotatable bonds is 6. The number of hydrogen-bond acceptors (Lipinski definition) is 2. The van der Waals surface area contributed by atoms with Crippen LogP contribution in [0.25, 0.3) is 10.8 Å². The number of hydrogen-bond donors (Lipinski definition) is 1. The molecular weight excluding hydrogens is 434 g/mol. The zero-order valence-corrected chi connectivity index (χ0v) is 20.0. The number of alkyl halides is 2. The van der Waals surface area contributed by atoms with Crippen molar-refractivity contribution in [2.75, 3.05) is 0 Å². The predicted octanol–water partition coefficient (Wildman–Crippen LogP) is 7.80. The summed E-state index contributed by atoms with van der Waals surface area (Å²) in [5, 5.41) is 10.9. The summed E-state index contributed by atoms with van der Waals surface area (Å²) in [7, 11) is 0. The molecule has 2 bridgehead atoms. The molecule has 184 valence electrons. The summed E-state index contributed by atoms with van der Waals surface area (Å²) < 4.78 is 34.5. The fraction of sp³-hybridized carbons (Fsp3) is 0.621. The van der Waals surface area contributed by atoms with Crippen LogP contribution in [0.4, 0.5) is 8.78 Å². The van der Waals surface area contributed by atoms with Crippen LogP contribution in [0.1, 0.15) is 82.3 Å². The molecular formula is C29H36F2O3. The highest BCUT2D eigenvalue weighted by molar-refractivity contribution is 5.88. The van der Waals surface area contributed by atoms with Crippen LogP contribution in [-0.4, -0.2) is 17.2 Å². The molecule has 1 N–H and O–H groups in total. The molecule has 3 saturated carbocycles. The number of carboxylic acid groups (broad SMARTS) is 1. The summed E-state index contributed by atoms with van der Waals surface area (Å²) in [6.45, 7) is 2.24. The SMILES string of the molecule is CC1CCC(Oc2ccc3cc(CC4C5CCCC4CC(C(=O)O)C5)ccc3c2C(F)F)CC1. The van der Waals surface area contributed by atoms with E-state index in [2.05, 4.69) is 13.0 Å². The van der Waals surface area contributed by atoms with E-state index in [-0.39, 0.29) is 17.6 Å². The van der Waals surface area contributed by atoms with E-state index in [4.69, 9.17) is 4.74 Å². The lowest BCUT2D eigenvalue weighted by molar-refractivity contribution is -0.145. The van der Waals surface area contributed by atoms with Crippen molar-refractivity contribution in [3.8, 4) is 5.75 Å². The molecule has 0 saturated heterocycles. The first-order valence-electron chi connectivity index (χ1n) is 13.1. The van der Waals surface area contributed by atoms with Gasteiger partial charge in [0.15, 0.2) is 0 Å². The van der Waals surface area contributed by atoms with Gasteiger partial charge in [-0.15, -0.1) is 0 Å². The average Bonchev–Trinajstić information content (AvgIpc) is 2.80. The predicted molar refractivity (Wildman–Crippen MR) is 129 cm³/mol. The van der Waals surface area contributed by atoms with E-state index >= 15 is 0 Å². The number of halogens is 2. The molecule has 2 unspecified atom stereocenters. The molecule has 2 aromatic carbocycles. The minimum absolute atomic E-state index is 0.0153. The van der Waals surface area contributed by atoms with Gasteiger partial charge >= 0.3 is 5.97 Å². The summed E-state index contributed by atoms with van der Waals surface area (Å²) >= 11 is 0. The van der Waals surface area contributed by atoms with E-state index in [9.17, 15) is 18.7 Å². The highest BCUT2D eigenvalue weighted by atomic mass is 19.3. The zero-order chi connectivity index (χ0) is 23.8. The summed E-state index contributed by atoms with van der Waals surface area (Å²) in [6.07, 6.45) is 7.31. The van der Waals surface area contributed by atoms with Gasteiger partial charge in [0.25, 0.3) is 6.43 Å². The van der Waals surface area contributed by atoms with Crippen molar-refractivity contribution in [1.82, 2.24) is 0 Å². The van der Waals surface area contributed by atoms with Gasteiger partial charge in [0.2, 0.25) is 0 Å². The van der Waals surface area contributed by atoms with Crippen molar-refractivity contribution in [3.05, 3.63) is 41.5 Å². The van der Waals surface area contributed by atoms with Gasteiger partial charge in [0, 0.05) is 0 Å². The van der Waals surface area contributed by atoms with Crippen LogP contribution >= 0.6 is 0 Å². The minimum Gasteiger partial charge on any atom is -0.490 e. The Balaban J connectivity index is 1.37. The molecule has 0 radical (unpaired) electrons. The maximum absolute atomic E-state index is 14.2. The van der Waals surface area contributed by atoms with Crippen LogP contribution in [-0.2, 0) is 11.2 Å². The highest BCUT2D eigenvalue weighted by Gasteiger charge is 2.42. The molecule has 3 fully saturated rings. The summed E-state index contributed by atoms with van der Waals surface area (Å²) in [6, 6.07) is 9.57. The third kappa shape index (κ3) is 4.81. The molecule has 3 nitrogen and oxygen atoms in total. The van der Waals surface area contributed by atoms with Gasteiger partial charge in [-0.1, -0.05) is 50.5 Å². The Bertz CT molecular complexity index is 1010. The maximum atomic E-state index is 14.2. The van der Waals surface area contributed by atoms with E-state index < -0.39 is 12.4 Å². The summed E-state index contributed by atoms with van der Waals surface area (Å²) in [5.74, 6) is 1.56. The second-order valence-electron chi connectivity index (χ2n) is 11.2. The van der Waals surface area contributed by atoms with Gasteiger partial charge < -0.3 is 9.84 Å².